The molecule has 0 aromatic heterocycles. The monoisotopic (exact) mass is 282 g/mol. The van der Waals surface area contributed by atoms with Gasteiger partial charge in [0.15, 0.2) is 0 Å². The van der Waals surface area contributed by atoms with E-state index in [-0.39, 0.29) is 5.91 Å². The van der Waals surface area contributed by atoms with Crippen molar-refractivity contribution in [1.82, 2.24) is 5.43 Å². The lowest BCUT2D eigenvalue weighted by Gasteiger charge is -2.04. The first-order valence-electron chi connectivity index (χ1n) is 7.23. The van der Waals surface area contributed by atoms with Crippen LogP contribution in [0.1, 0.15) is 48.9 Å². The fourth-order valence-electron chi connectivity index (χ4n) is 2.53. The van der Waals surface area contributed by atoms with Gasteiger partial charge in [-0.2, -0.15) is 5.10 Å². The van der Waals surface area contributed by atoms with E-state index >= 15 is 0 Å². The van der Waals surface area contributed by atoms with Gasteiger partial charge in [0.25, 0.3) is 0 Å². The number of hydrazone groups is 1. The maximum absolute atomic E-state index is 10.9. The molecule has 0 aliphatic heterocycles. The van der Waals surface area contributed by atoms with E-state index in [0.29, 0.717) is 5.92 Å². The number of carbonyl (C=O) groups is 1. The van der Waals surface area contributed by atoms with Crippen LogP contribution in [0.15, 0.2) is 29.4 Å². The summed E-state index contributed by atoms with van der Waals surface area (Å²) in [6.45, 7) is 10.1. The molecule has 0 fully saturated rings. The molecule has 0 saturated carbocycles. The Morgan fingerprint density at radius 3 is 2.52 bits per heavy atom. The Morgan fingerprint density at radius 2 is 1.90 bits per heavy atom. The highest BCUT2D eigenvalue weighted by Gasteiger charge is 2.15. The number of rotatable bonds is 3. The van der Waals surface area contributed by atoms with Gasteiger partial charge < -0.3 is 0 Å². The fourth-order valence-corrected chi connectivity index (χ4v) is 2.53. The topological polar surface area (TPSA) is 41.5 Å². The normalized spacial score (nSPS) is 11.5. The van der Waals surface area contributed by atoms with Crippen LogP contribution >= 0.6 is 0 Å². The number of carbonyl (C=O) groups excluding carboxylic acids is 1. The molecular formula is C18H22N2O. The molecule has 0 aromatic carbocycles. The average Bonchev–Trinajstić information content (AvgIpc) is 2.58. The molecule has 3 heteroatoms. The number of hydrogen-bond acceptors (Lipinski definition) is 2. The lowest BCUT2D eigenvalue weighted by Crippen LogP contribution is -2.12. The highest BCUT2D eigenvalue weighted by atomic mass is 16.2. The van der Waals surface area contributed by atoms with Crippen molar-refractivity contribution in [2.75, 3.05) is 0 Å². The molecule has 2 rings (SSSR count). The first-order valence-corrected chi connectivity index (χ1v) is 7.23. The Bertz CT molecular complexity index is 671. The minimum absolute atomic E-state index is 0.164. The number of nitrogens with one attached hydrogen (secondary N) is 1. The van der Waals surface area contributed by atoms with Crippen molar-refractivity contribution < 1.29 is 4.79 Å². The largest absolute Gasteiger partial charge is 0.274 e. The number of aryl methyl sites for hydroxylation is 2. The molecule has 2 aliphatic carbocycles. The standard InChI is InChI=1S/C18H22N2O/c1-11(2)15-7-6-12(3)18-16(10-19-20-14(5)21)8-13(4)17(18)9-15/h6-11H,1-5H3,(H,20,21). The van der Waals surface area contributed by atoms with Crippen molar-refractivity contribution >= 4 is 12.1 Å². The van der Waals surface area contributed by atoms with Crippen LogP contribution in [0.3, 0.4) is 0 Å². The van der Waals surface area contributed by atoms with Crippen LogP contribution in [-0.2, 0) is 4.79 Å². The third-order valence-electron chi connectivity index (χ3n) is 3.68. The molecular weight excluding hydrogens is 260 g/mol. The summed E-state index contributed by atoms with van der Waals surface area (Å²) in [6.07, 6.45) is 1.72. The molecule has 1 amide bonds. The lowest BCUT2D eigenvalue weighted by molar-refractivity contribution is -0.118. The quantitative estimate of drug-likeness (QED) is 0.671. The second-order valence-electron chi connectivity index (χ2n) is 5.81. The van der Waals surface area contributed by atoms with Crippen molar-refractivity contribution in [2.45, 2.75) is 40.5 Å². The van der Waals surface area contributed by atoms with Gasteiger partial charge in [0.1, 0.15) is 0 Å². The predicted molar refractivity (Wildman–Crippen MR) is 88.0 cm³/mol. The van der Waals surface area contributed by atoms with Crippen LogP contribution < -0.4 is 5.43 Å². The van der Waals surface area contributed by atoms with Gasteiger partial charge in [0.05, 0.1) is 6.21 Å². The number of hydrogen-bond donors (Lipinski definition) is 1. The van der Waals surface area contributed by atoms with Crippen molar-refractivity contribution in [2.24, 2.45) is 5.10 Å². The Morgan fingerprint density at radius 1 is 1.19 bits per heavy atom. The first-order chi connectivity index (χ1) is 9.90. The summed E-state index contributed by atoms with van der Waals surface area (Å²) in [4.78, 5) is 10.9. The molecule has 0 bridgehead atoms. The predicted octanol–water partition coefficient (Wildman–Crippen LogP) is 4.00. The molecule has 0 saturated heterocycles. The average molecular weight is 282 g/mol. The van der Waals surface area contributed by atoms with Gasteiger partial charge in [-0.3, -0.25) is 4.79 Å². The summed E-state index contributed by atoms with van der Waals surface area (Å²) in [5.74, 6) is 0.328. The minimum atomic E-state index is -0.164. The molecule has 0 radical (unpaired) electrons. The molecule has 3 nitrogen and oxygen atoms in total. The van der Waals surface area contributed by atoms with Crippen molar-refractivity contribution in [3.8, 4) is 11.1 Å². The van der Waals surface area contributed by atoms with Gasteiger partial charge in [-0.25, -0.2) is 5.43 Å². The van der Waals surface area contributed by atoms with E-state index in [1.807, 2.05) is 0 Å². The van der Waals surface area contributed by atoms with Gasteiger partial charge in [0.2, 0.25) is 5.91 Å². The van der Waals surface area contributed by atoms with E-state index in [0.717, 1.165) is 5.56 Å². The van der Waals surface area contributed by atoms with E-state index < -0.39 is 0 Å². The Hall–Kier alpha value is -2.16. The molecule has 0 unspecified atom stereocenters. The van der Waals surface area contributed by atoms with E-state index in [2.05, 4.69) is 62.5 Å². The van der Waals surface area contributed by atoms with Gasteiger partial charge in [-0.05, 0) is 53.6 Å². The van der Waals surface area contributed by atoms with E-state index in [1.54, 1.807) is 6.21 Å². The zero-order chi connectivity index (χ0) is 15.6. The fraction of sp³-hybridized carbons (Fsp3) is 0.333. The molecule has 1 N–H and O–H groups in total. The number of nitrogens with zero attached hydrogens (tertiary/aromatic N) is 1. The van der Waals surface area contributed by atoms with Gasteiger partial charge >= 0.3 is 0 Å². The molecule has 2 aliphatic rings. The second-order valence-corrected chi connectivity index (χ2v) is 5.81. The Balaban J connectivity index is 2.54. The van der Waals surface area contributed by atoms with Crippen LogP contribution in [0.25, 0.3) is 11.1 Å². The Labute approximate surface area is 126 Å². The van der Waals surface area contributed by atoms with Crippen LogP contribution in [0.4, 0.5) is 0 Å². The van der Waals surface area contributed by atoms with Gasteiger partial charge in [-0.15, -0.1) is 0 Å². The molecule has 110 valence electrons. The SMILES string of the molecule is CC(=O)NN=Cc1cc(C)c2cc(C(C)C)ccc(C)c1-2. The third-order valence-corrected chi connectivity index (χ3v) is 3.68. The zero-order valence-corrected chi connectivity index (χ0v) is 13.3. The van der Waals surface area contributed by atoms with Crippen LogP contribution in [0.5, 0.6) is 0 Å². The smallest absolute Gasteiger partial charge is 0.236 e. The third kappa shape index (κ3) is 3.30. The second kappa shape index (κ2) is 6.08. The maximum atomic E-state index is 10.9. The molecule has 0 aromatic rings. The summed E-state index contributed by atoms with van der Waals surface area (Å²) in [6, 6.07) is 8.73. The van der Waals surface area contributed by atoms with E-state index in [4.69, 9.17) is 0 Å². The summed E-state index contributed by atoms with van der Waals surface area (Å²) >= 11 is 0. The van der Waals surface area contributed by atoms with Crippen molar-refractivity contribution in [3.63, 3.8) is 0 Å². The minimum Gasteiger partial charge on any atom is -0.274 e. The lowest BCUT2D eigenvalue weighted by atomic mass is 10.0. The highest BCUT2D eigenvalue weighted by molar-refractivity contribution is 5.95. The maximum Gasteiger partial charge on any atom is 0.236 e. The number of amides is 1. The van der Waals surface area contributed by atoms with Crippen LogP contribution in [0.2, 0.25) is 0 Å². The molecule has 21 heavy (non-hydrogen) atoms. The van der Waals surface area contributed by atoms with Gasteiger partial charge in [-0.1, -0.05) is 32.0 Å². The number of fused-ring (bicyclic) bond motifs is 1. The van der Waals surface area contributed by atoms with Crippen molar-refractivity contribution in [1.29, 1.82) is 0 Å². The zero-order valence-electron chi connectivity index (χ0n) is 13.3. The summed E-state index contributed by atoms with van der Waals surface area (Å²) < 4.78 is 0. The van der Waals surface area contributed by atoms with Gasteiger partial charge in [0, 0.05) is 12.5 Å². The van der Waals surface area contributed by atoms with Crippen LogP contribution in [0, 0.1) is 13.8 Å². The first kappa shape index (κ1) is 15.2. The molecule has 0 atom stereocenters. The van der Waals surface area contributed by atoms with E-state index in [9.17, 15) is 4.79 Å². The highest BCUT2D eigenvalue weighted by Crippen LogP contribution is 2.35. The van der Waals surface area contributed by atoms with Crippen LogP contribution in [-0.4, -0.2) is 12.1 Å². The van der Waals surface area contributed by atoms with Crippen molar-refractivity contribution in [3.05, 3.63) is 46.5 Å². The summed E-state index contributed by atoms with van der Waals surface area (Å²) in [5.41, 5.74) is 9.73. The summed E-state index contributed by atoms with van der Waals surface area (Å²) in [5, 5.41) is 4.00. The molecule has 0 spiro atoms. The molecule has 0 heterocycles. The summed E-state index contributed by atoms with van der Waals surface area (Å²) in [7, 11) is 0. The Kier molecular flexibility index (Phi) is 4.41. The van der Waals surface area contributed by atoms with E-state index in [1.165, 1.54) is 34.7 Å².